The molecule has 1 fully saturated rings. The van der Waals surface area contributed by atoms with Crippen molar-refractivity contribution in [3.8, 4) is 5.75 Å². The van der Waals surface area contributed by atoms with Gasteiger partial charge in [0.15, 0.2) is 0 Å². The Bertz CT molecular complexity index is 771. The molecule has 7 heteroatoms. The number of amides is 2. The van der Waals surface area contributed by atoms with E-state index in [0.717, 1.165) is 19.4 Å². The van der Waals surface area contributed by atoms with Gasteiger partial charge in [-0.3, -0.25) is 9.59 Å². The number of carbonyl (C=O) groups is 2. The van der Waals surface area contributed by atoms with E-state index in [-0.39, 0.29) is 29.3 Å². The SMILES string of the molecule is COc1ccc(NC(=O)c2cccc(C(=O)NCC3CCCO3)n2)cc1. The van der Waals surface area contributed by atoms with E-state index in [9.17, 15) is 9.59 Å². The lowest BCUT2D eigenvalue weighted by Gasteiger charge is -2.11. The van der Waals surface area contributed by atoms with Crippen LogP contribution in [0.5, 0.6) is 5.75 Å². The topological polar surface area (TPSA) is 89.5 Å². The average Bonchev–Trinajstić information content (AvgIpc) is 3.20. The van der Waals surface area contributed by atoms with Gasteiger partial charge in [-0.05, 0) is 49.2 Å². The summed E-state index contributed by atoms with van der Waals surface area (Å²) in [7, 11) is 1.58. The third kappa shape index (κ3) is 4.58. The molecule has 26 heavy (non-hydrogen) atoms. The zero-order valence-electron chi connectivity index (χ0n) is 14.5. The Balaban J connectivity index is 1.61. The van der Waals surface area contributed by atoms with Crippen LogP contribution in [-0.2, 0) is 4.74 Å². The number of hydrogen-bond acceptors (Lipinski definition) is 5. The Morgan fingerprint density at radius 1 is 1.15 bits per heavy atom. The van der Waals surface area contributed by atoms with Crippen molar-refractivity contribution in [2.75, 3.05) is 25.6 Å². The number of pyridine rings is 1. The number of carbonyl (C=O) groups excluding carboxylic acids is 2. The van der Waals surface area contributed by atoms with Gasteiger partial charge in [-0.15, -0.1) is 0 Å². The first-order valence-electron chi connectivity index (χ1n) is 8.48. The Morgan fingerprint density at radius 2 is 1.88 bits per heavy atom. The largest absolute Gasteiger partial charge is 0.497 e. The van der Waals surface area contributed by atoms with Gasteiger partial charge < -0.3 is 20.1 Å². The maximum atomic E-state index is 12.4. The second-order valence-electron chi connectivity index (χ2n) is 5.94. The second-order valence-corrected chi connectivity index (χ2v) is 5.94. The summed E-state index contributed by atoms with van der Waals surface area (Å²) in [5, 5.41) is 5.54. The number of ether oxygens (including phenoxy) is 2. The molecule has 3 rings (SSSR count). The monoisotopic (exact) mass is 355 g/mol. The van der Waals surface area contributed by atoms with Crippen LogP contribution in [0.15, 0.2) is 42.5 Å². The van der Waals surface area contributed by atoms with Crippen LogP contribution in [-0.4, -0.2) is 43.2 Å². The lowest BCUT2D eigenvalue weighted by molar-refractivity contribution is 0.0853. The zero-order chi connectivity index (χ0) is 18.4. The van der Waals surface area contributed by atoms with E-state index in [1.165, 1.54) is 0 Å². The third-order valence-corrected chi connectivity index (χ3v) is 4.08. The standard InChI is InChI=1S/C19H21N3O4/c1-25-14-9-7-13(8-10-14)21-19(24)17-6-2-5-16(22-17)18(23)20-12-15-4-3-11-26-15/h2,5-10,15H,3-4,11-12H2,1H3,(H,20,23)(H,21,24). The number of hydrogen-bond donors (Lipinski definition) is 2. The summed E-state index contributed by atoms with van der Waals surface area (Å²) in [6.07, 6.45) is 2.01. The smallest absolute Gasteiger partial charge is 0.274 e. The number of benzene rings is 1. The number of nitrogens with one attached hydrogen (secondary N) is 2. The molecule has 1 saturated heterocycles. The zero-order valence-corrected chi connectivity index (χ0v) is 14.5. The Kier molecular flexibility index (Phi) is 5.80. The molecule has 0 bridgehead atoms. The second kappa shape index (κ2) is 8.44. The van der Waals surface area contributed by atoms with Crippen molar-refractivity contribution < 1.29 is 19.1 Å². The minimum atomic E-state index is -0.385. The van der Waals surface area contributed by atoms with Gasteiger partial charge in [0.25, 0.3) is 11.8 Å². The third-order valence-electron chi connectivity index (χ3n) is 4.08. The lowest BCUT2D eigenvalue weighted by atomic mass is 10.2. The summed E-state index contributed by atoms with van der Waals surface area (Å²) in [5.74, 6) is -0.00502. The highest BCUT2D eigenvalue weighted by Crippen LogP contribution is 2.16. The fraction of sp³-hybridized carbons (Fsp3) is 0.316. The highest BCUT2D eigenvalue weighted by atomic mass is 16.5. The lowest BCUT2D eigenvalue weighted by Crippen LogP contribution is -2.32. The molecule has 7 nitrogen and oxygen atoms in total. The van der Waals surface area contributed by atoms with Gasteiger partial charge in [-0.25, -0.2) is 4.98 Å². The van der Waals surface area contributed by atoms with Crippen molar-refractivity contribution >= 4 is 17.5 Å². The molecule has 1 aliphatic heterocycles. The van der Waals surface area contributed by atoms with Crippen LogP contribution < -0.4 is 15.4 Å². The van der Waals surface area contributed by atoms with Crippen molar-refractivity contribution in [2.45, 2.75) is 18.9 Å². The number of aromatic nitrogens is 1. The molecule has 1 unspecified atom stereocenters. The van der Waals surface area contributed by atoms with E-state index < -0.39 is 0 Å². The van der Waals surface area contributed by atoms with Crippen LogP contribution in [0.25, 0.3) is 0 Å². The molecule has 0 saturated carbocycles. The predicted molar refractivity (Wildman–Crippen MR) is 96.5 cm³/mol. The summed E-state index contributed by atoms with van der Waals surface area (Å²) >= 11 is 0. The molecule has 1 aliphatic rings. The van der Waals surface area contributed by atoms with Gasteiger partial charge in [0, 0.05) is 18.8 Å². The molecule has 1 aromatic heterocycles. The summed E-state index contributed by atoms with van der Waals surface area (Å²) in [6.45, 7) is 1.18. The van der Waals surface area contributed by atoms with Crippen molar-refractivity contribution in [1.82, 2.24) is 10.3 Å². The molecule has 2 N–H and O–H groups in total. The number of anilines is 1. The first-order chi connectivity index (χ1) is 12.7. The van der Waals surface area contributed by atoms with Crippen molar-refractivity contribution in [1.29, 1.82) is 0 Å². The summed E-state index contributed by atoms with van der Waals surface area (Å²) < 4.78 is 10.6. The van der Waals surface area contributed by atoms with E-state index in [1.54, 1.807) is 49.6 Å². The maximum absolute atomic E-state index is 12.4. The van der Waals surface area contributed by atoms with Crippen LogP contribution in [0, 0.1) is 0 Å². The Labute approximate surface area is 151 Å². The van der Waals surface area contributed by atoms with Crippen molar-refractivity contribution in [2.24, 2.45) is 0 Å². The fourth-order valence-corrected chi connectivity index (χ4v) is 2.66. The minimum absolute atomic E-state index is 0.0560. The van der Waals surface area contributed by atoms with E-state index in [0.29, 0.717) is 18.0 Å². The number of rotatable bonds is 6. The van der Waals surface area contributed by atoms with Crippen molar-refractivity contribution in [3.63, 3.8) is 0 Å². The summed E-state index contributed by atoms with van der Waals surface area (Å²) in [4.78, 5) is 28.7. The van der Waals surface area contributed by atoms with E-state index >= 15 is 0 Å². The molecular formula is C19H21N3O4. The van der Waals surface area contributed by atoms with Gasteiger partial charge in [0.05, 0.1) is 13.2 Å². The minimum Gasteiger partial charge on any atom is -0.497 e. The maximum Gasteiger partial charge on any atom is 0.274 e. The normalized spacial score (nSPS) is 16.1. The van der Waals surface area contributed by atoms with Crippen LogP contribution in [0.1, 0.15) is 33.8 Å². The molecule has 0 radical (unpaired) electrons. The first kappa shape index (κ1) is 17.9. The fourth-order valence-electron chi connectivity index (χ4n) is 2.66. The quantitative estimate of drug-likeness (QED) is 0.830. The molecule has 2 heterocycles. The van der Waals surface area contributed by atoms with Crippen LogP contribution in [0.4, 0.5) is 5.69 Å². The highest BCUT2D eigenvalue weighted by molar-refractivity contribution is 6.03. The highest BCUT2D eigenvalue weighted by Gasteiger charge is 2.18. The molecule has 1 aromatic carbocycles. The predicted octanol–water partition coefficient (Wildman–Crippen LogP) is 2.25. The van der Waals surface area contributed by atoms with E-state index in [4.69, 9.17) is 9.47 Å². The number of methoxy groups -OCH3 is 1. The summed E-state index contributed by atoms with van der Waals surface area (Å²) in [5.41, 5.74) is 0.988. The van der Waals surface area contributed by atoms with Crippen LogP contribution >= 0.6 is 0 Å². The van der Waals surface area contributed by atoms with Gasteiger partial charge in [0.1, 0.15) is 17.1 Å². The Hall–Kier alpha value is -2.93. The van der Waals surface area contributed by atoms with E-state index in [1.807, 2.05) is 0 Å². The Morgan fingerprint density at radius 3 is 2.54 bits per heavy atom. The molecule has 0 spiro atoms. The molecule has 2 aromatic rings. The molecule has 1 atom stereocenters. The van der Waals surface area contributed by atoms with Crippen LogP contribution in [0.3, 0.4) is 0 Å². The van der Waals surface area contributed by atoms with Gasteiger partial charge in [0.2, 0.25) is 0 Å². The summed E-state index contributed by atoms with van der Waals surface area (Å²) in [6, 6.07) is 11.7. The van der Waals surface area contributed by atoms with E-state index in [2.05, 4.69) is 15.6 Å². The average molecular weight is 355 g/mol. The number of nitrogens with zero attached hydrogens (tertiary/aromatic N) is 1. The first-order valence-corrected chi connectivity index (χ1v) is 8.48. The van der Waals surface area contributed by atoms with Gasteiger partial charge >= 0.3 is 0 Å². The molecule has 136 valence electrons. The molecule has 2 amide bonds. The van der Waals surface area contributed by atoms with Gasteiger partial charge in [-0.2, -0.15) is 0 Å². The van der Waals surface area contributed by atoms with Crippen molar-refractivity contribution in [3.05, 3.63) is 53.9 Å². The molecular weight excluding hydrogens is 334 g/mol. The van der Waals surface area contributed by atoms with Gasteiger partial charge in [-0.1, -0.05) is 6.07 Å². The van der Waals surface area contributed by atoms with Crippen LogP contribution in [0.2, 0.25) is 0 Å². The molecule has 0 aliphatic carbocycles.